The molecule has 0 bridgehead atoms. The van der Waals surface area contributed by atoms with Gasteiger partial charge in [0.2, 0.25) is 0 Å². The minimum Gasteiger partial charge on any atom is -0.342 e. The van der Waals surface area contributed by atoms with Crippen LogP contribution in [0.3, 0.4) is 0 Å². The van der Waals surface area contributed by atoms with Crippen LogP contribution in [0.5, 0.6) is 0 Å². The highest BCUT2D eigenvalue weighted by molar-refractivity contribution is 9.18. The van der Waals surface area contributed by atoms with Gasteiger partial charge in [0.1, 0.15) is 11.6 Å². The Morgan fingerprint density at radius 2 is 2.15 bits per heavy atom. The van der Waals surface area contributed by atoms with Gasteiger partial charge < -0.3 is 5.32 Å². The average molecular weight is 250 g/mol. The summed E-state index contributed by atoms with van der Waals surface area (Å²) in [4.78, 5) is 9.97. The number of halogens is 3. The van der Waals surface area contributed by atoms with Gasteiger partial charge in [-0.1, -0.05) is 6.07 Å². The van der Waals surface area contributed by atoms with E-state index in [1.807, 2.05) is 0 Å². The van der Waals surface area contributed by atoms with Crippen molar-refractivity contribution in [3.63, 3.8) is 0 Å². The van der Waals surface area contributed by atoms with Crippen LogP contribution < -0.4 is 5.32 Å². The second kappa shape index (κ2) is 4.32. The predicted molar refractivity (Wildman–Crippen MR) is 47.5 cm³/mol. The van der Waals surface area contributed by atoms with E-state index in [2.05, 4.69) is 21.2 Å². The van der Waals surface area contributed by atoms with Gasteiger partial charge in [-0.25, -0.2) is 8.78 Å². The van der Waals surface area contributed by atoms with Crippen LogP contribution in [0.15, 0.2) is 18.2 Å². The van der Waals surface area contributed by atoms with Gasteiger partial charge in [0.25, 0.3) is 4.82 Å². The van der Waals surface area contributed by atoms with Crippen molar-refractivity contribution >= 4 is 20.7 Å². The highest BCUT2D eigenvalue weighted by atomic mass is 79.9. The predicted octanol–water partition coefficient (Wildman–Crippen LogP) is 2.57. The van der Waals surface area contributed by atoms with Crippen LogP contribution in [0.1, 0.15) is 5.56 Å². The van der Waals surface area contributed by atoms with Gasteiger partial charge in [0, 0.05) is 34.1 Å². The Morgan fingerprint density at radius 1 is 1.46 bits per heavy atom. The van der Waals surface area contributed by atoms with Crippen molar-refractivity contribution in [2.75, 3.05) is 0 Å². The second-order valence-electron chi connectivity index (χ2n) is 2.36. The van der Waals surface area contributed by atoms with E-state index in [1.165, 1.54) is 6.07 Å². The molecule has 0 saturated heterocycles. The van der Waals surface area contributed by atoms with Crippen molar-refractivity contribution < 1.29 is 13.6 Å². The van der Waals surface area contributed by atoms with Crippen LogP contribution in [0.4, 0.5) is 13.6 Å². The number of rotatable bonds is 2. The Labute approximate surface area is 82.1 Å². The molecule has 0 unspecified atom stereocenters. The summed E-state index contributed by atoms with van der Waals surface area (Å²) in [6, 6.07) is 3.20. The quantitative estimate of drug-likeness (QED) is 0.634. The number of amides is 1. The zero-order valence-corrected chi connectivity index (χ0v) is 8.07. The number of hydrogen-bond donors (Lipinski definition) is 1. The molecule has 0 aliphatic heterocycles. The lowest BCUT2D eigenvalue weighted by molar-refractivity contribution is 0.261. The number of carbonyl (C=O) groups is 1. The molecule has 70 valence electrons. The van der Waals surface area contributed by atoms with Crippen molar-refractivity contribution in [2.45, 2.75) is 6.54 Å². The number of benzene rings is 1. The van der Waals surface area contributed by atoms with Gasteiger partial charge in [0.05, 0.1) is 0 Å². The van der Waals surface area contributed by atoms with Crippen LogP contribution in [0.2, 0.25) is 0 Å². The van der Waals surface area contributed by atoms with Crippen LogP contribution in [-0.2, 0) is 6.54 Å². The van der Waals surface area contributed by atoms with Crippen LogP contribution in [0, 0.1) is 11.6 Å². The van der Waals surface area contributed by atoms with Crippen molar-refractivity contribution in [2.24, 2.45) is 0 Å². The van der Waals surface area contributed by atoms with Crippen molar-refractivity contribution in [3.05, 3.63) is 35.4 Å². The summed E-state index contributed by atoms with van der Waals surface area (Å²) in [5, 5.41) is 2.34. The van der Waals surface area contributed by atoms with E-state index < -0.39 is 16.5 Å². The number of carbonyl (C=O) groups excluding carboxylic acids is 1. The SMILES string of the molecule is O=C(Br)NCc1ccc(F)cc1F. The van der Waals surface area contributed by atoms with E-state index in [0.29, 0.717) is 0 Å². The minimum absolute atomic E-state index is 0.0379. The number of nitrogens with one attached hydrogen (secondary N) is 1. The Morgan fingerprint density at radius 3 is 2.69 bits per heavy atom. The van der Waals surface area contributed by atoms with Crippen LogP contribution >= 0.6 is 15.9 Å². The Balaban J connectivity index is 2.72. The van der Waals surface area contributed by atoms with Crippen molar-refractivity contribution in [1.82, 2.24) is 5.32 Å². The molecule has 13 heavy (non-hydrogen) atoms. The molecule has 0 atom stereocenters. The maximum Gasteiger partial charge on any atom is 0.287 e. The molecule has 0 aromatic heterocycles. The normalized spacial score (nSPS) is 9.77. The molecule has 0 saturated carbocycles. The zero-order valence-electron chi connectivity index (χ0n) is 6.48. The molecule has 2 nitrogen and oxygen atoms in total. The molecule has 1 amide bonds. The van der Waals surface area contributed by atoms with Gasteiger partial charge in [-0.15, -0.1) is 0 Å². The molecule has 0 heterocycles. The van der Waals surface area contributed by atoms with Gasteiger partial charge >= 0.3 is 0 Å². The summed E-state index contributed by atoms with van der Waals surface area (Å²) in [7, 11) is 0. The first-order valence-corrected chi connectivity index (χ1v) is 4.26. The summed E-state index contributed by atoms with van der Waals surface area (Å²) in [5.74, 6) is -1.30. The van der Waals surface area contributed by atoms with Gasteiger partial charge in [0.15, 0.2) is 0 Å². The number of hydrogen-bond acceptors (Lipinski definition) is 1. The molecule has 1 rings (SSSR count). The molecule has 1 aromatic carbocycles. The minimum atomic E-state index is -0.666. The van der Waals surface area contributed by atoms with Gasteiger partial charge in [-0.3, -0.25) is 4.79 Å². The highest BCUT2D eigenvalue weighted by Gasteiger charge is 2.03. The molecule has 0 radical (unpaired) electrons. The maximum atomic E-state index is 12.9. The molecular weight excluding hydrogens is 244 g/mol. The fraction of sp³-hybridized carbons (Fsp3) is 0.125. The summed E-state index contributed by atoms with van der Waals surface area (Å²) >= 11 is 2.62. The van der Waals surface area contributed by atoms with E-state index in [9.17, 15) is 13.6 Å². The monoisotopic (exact) mass is 249 g/mol. The van der Waals surface area contributed by atoms with Crippen molar-refractivity contribution in [3.8, 4) is 0 Å². The lowest BCUT2D eigenvalue weighted by atomic mass is 10.2. The highest BCUT2D eigenvalue weighted by Crippen LogP contribution is 2.09. The molecular formula is C8H6BrF2NO. The van der Waals surface area contributed by atoms with E-state index in [1.54, 1.807) is 0 Å². The molecule has 0 aliphatic carbocycles. The first-order valence-electron chi connectivity index (χ1n) is 3.47. The van der Waals surface area contributed by atoms with Crippen LogP contribution in [-0.4, -0.2) is 4.82 Å². The third kappa shape index (κ3) is 3.10. The lowest BCUT2D eigenvalue weighted by Gasteiger charge is -2.02. The molecule has 0 aliphatic rings. The summed E-state index contributed by atoms with van der Waals surface area (Å²) in [6.07, 6.45) is 0. The zero-order chi connectivity index (χ0) is 9.84. The van der Waals surface area contributed by atoms with E-state index in [-0.39, 0.29) is 12.1 Å². The smallest absolute Gasteiger partial charge is 0.287 e. The molecule has 0 fully saturated rings. The summed E-state index contributed by atoms with van der Waals surface area (Å²) < 4.78 is 25.3. The first-order chi connectivity index (χ1) is 6.09. The topological polar surface area (TPSA) is 29.1 Å². The molecule has 1 aromatic rings. The molecule has 1 N–H and O–H groups in total. The van der Waals surface area contributed by atoms with E-state index in [4.69, 9.17) is 0 Å². The second-order valence-corrected chi connectivity index (χ2v) is 3.08. The Kier molecular flexibility index (Phi) is 3.36. The molecule has 5 heteroatoms. The average Bonchev–Trinajstić information content (AvgIpc) is 2.02. The third-order valence-electron chi connectivity index (χ3n) is 1.43. The lowest BCUT2D eigenvalue weighted by Crippen LogP contribution is -2.16. The van der Waals surface area contributed by atoms with E-state index >= 15 is 0 Å². The van der Waals surface area contributed by atoms with Crippen molar-refractivity contribution in [1.29, 1.82) is 0 Å². The largest absolute Gasteiger partial charge is 0.342 e. The summed E-state index contributed by atoms with van der Waals surface area (Å²) in [6.45, 7) is 0.0379. The third-order valence-corrected chi connectivity index (χ3v) is 1.71. The fourth-order valence-electron chi connectivity index (χ4n) is 0.830. The van der Waals surface area contributed by atoms with Crippen LogP contribution in [0.25, 0.3) is 0 Å². The first kappa shape index (κ1) is 10.1. The van der Waals surface area contributed by atoms with Gasteiger partial charge in [-0.2, -0.15) is 0 Å². The Hall–Kier alpha value is -0.970. The standard InChI is InChI=1S/C8H6BrF2NO/c9-8(13)12-4-5-1-2-6(10)3-7(5)11/h1-3H,4H2,(H,12,13). The summed E-state index contributed by atoms with van der Waals surface area (Å²) in [5.41, 5.74) is 0.245. The Bertz CT molecular complexity index is 330. The fourth-order valence-corrected chi connectivity index (χ4v) is 0.970. The maximum absolute atomic E-state index is 12.9. The van der Waals surface area contributed by atoms with E-state index in [0.717, 1.165) is 12.1 Å². The molecule has 0 spiro atoms. The van der Waals surface area contributed by atoms with Gasteiger partial charge in [-0.05, 0) is 6.07 Å².